The first-order valence-electron chi connectivity index (χ1n) is 6.15. The summed E-state index contributed by atoms with van der Waals surface area (Å²) in [6, 6.07) is 7.49. The maximum absolute atomic E-state index is 8.88. The largest absolute Gasteiger partial charge is 0.496 e. The van der Waals surface area contributed by atoms with E-state index in [-0.39, 0.29) is 0 Å². The van der Waals surface area contributed by atoms with Crippen molar-refractivity contribution in [3.63, 3.8) is 0 Å². The molecule has 0 heterocycles. The van der Waals surface area contributed by atoms with Gasteiger partial charge in [-0.1, -0.05) is 0 Å². The Morgan fingerprint density at radius 3 is 2.83 bits per heavy atom. The molecule has 1 saturated carbocycles. The molecule has 0 saturated heterocycles. The second-order valence-corrected chi connectivity index (χ2v) is 4.64. The molecule has 0 bridgehead atoms. The van der Waals surface area contributed by atoms with Crippen LogP contribution in [-0.2, 0) is 11.3 Å². The average molecular weight is 246 g/mol. The molecule has 4 heteroatoms. The van der Waals surface area contributed by atoms with Crippen molar-refractivity contribution in [3.05, 3.63) is 29.3 Å². The molecule has 2 N–H and O–H groups in total. The Bertz CT molecular complexity index is 448. The second-order valence-electron chi connectivity index (χ2n) is 4.64. The van der Waals surface area contributed by atoms with E-state index in [1.165, 1.54) is 0 Å². The van der Waals surface area contributed by atoms with Crippen molar-refractivity contribution >= 4 is 0 Å². The van der Waals surface area contributed by atoms with Crippen molar-refractivity contribution in [3.8, 4) is 11.8 Å². The lowest BCUT2D eigenvalue weighted by molar-refractivity contribution is -0.0381. The molecule has 0 radical (unpaired) electrons. The van der Waals surface area contributed by atoms with Crippen molar-refractivity contribution < 1.29 is 9.47 Å². The number of nitrogens with two attached hydrogens (primary N) is 1. The standard InChI is InChI=1S/C14H18N2O2/c1-17-14-3-2-10(7-15)4-12(14)9-18-13-5-11(6-13)8-16/h2-4,11,13H,5-6,8-9,16H2,1H3. The zero-order valence-electron chi connectivity index (χ0n) is 10.6. The fraction of sp³-hybridized carbons (Fsp3) is 0.500. The summed E-state index contributed by atoms with van der Waals surface area (Å²) in [6.07, 6.45) is 2.38. The number of methoxy groups -OCH3 is 1. The van der Waals surface area contributed by atoms with E-state index in [4.69, 9.17) is 20.5 Å². The number of hydrogen-bond donors (Lipinski definition) is 1. The fourth-order valence-corrected chi connectivity index (χ4v) is 2.17. The monoisotopic (exact) mass is 246 g/mol. The molecule has 96 valence electrons. The van der Waals surface area contributed by atoms with Crippen molar-refractivity contribution in [2.45, 2.75) is 25.6 Å². The Kier molecular flexibility index (Phi) is 4.19. The maximum Gasteiger partial charge on any atom is 0.124 e. The number of hydrogen-bond acceptors (Lipinski definition) is 4. The first kappa shape index (κ1) is 12.9. The van der Waals surface area contributed by atoms with Crippen LogP contribution >= 0.6 is 0 Å². The summed E-state index contributed by atoms with van der Waals surface area (Å²) in [7, 11) is 1.62. The number of benzene rings is 1. The minimum Gasteiger partial charge on any atom is -0.496 e. The molecule has 1 aliphatic carbocycles. The van der Waals surface area contributed by atoms with Crippen LogP contribution in [0.25, 0.3) is 0 Å². The third-order valence-electron chi connectivity index (χ3n) is 3.41. The highest BCUT2D eigenvalue weighted by Crippen LogP contribution is 2.30. The molecule has 1 aromatic carbocycles. The molecule has 1 aliphatic rings. The molecular formula is C14H18N2O2. The van der Waals surface area contributed by atoms with Gasteiger partial charge >= 0.3 is 0 Å². The minimum absolute atomic E-state index is 0.300. The van der Waals surface area contributed by atoms with Gasteiger partial charge in [0, 0.05) is 5.56 Å². The van der Waals surface area contributed by atoms with Crippen molar-refractivity contribution in [1.29, 1.82) is 5.26 Å². The predicted octanol–water partition coefficient (Wildman–Crippen LogP) is 1.82. The van der Waals surface area contributed by atoms with Gasteiger partial charge in [0.15, 0.2) is 0 Å². The molecule has 2 rings (SSSR count). The molecule has 0 unspecified atom stereocenters. The molecule has 0 aromatic heterocycles. The topological polar surface area (TPSA) is 68.3 Å². The highest BCUT2D eigenvalue weighted by Gasteiger charge is 2.28. The van der Waals surface area contributed by atoms with Crippen LogP contribution in [0.1, 0.15) is 24.0 Å². The van der Waals surface area contributed by atoms with E-state index in [0.29, 0.717) is 24.2 Å². The van der Waals surface area contributed by atoms with Crippen LogP contribution in [0.5, 0.6) is 5.75 Å². The summed E-state index contributed by atoms with van der Waals surface area (Å²) in [5.74, 6) is 1.38. The van der Waals surface area contributed by atoms with Crippen LogP contribution in [0.15, 0.2) is 18.2 Å². The Balaban J connectivity index is 1.94. The van der Waals surface area contributed by atoms with Crippen molar-refractivity contribution in [2.24, 2.45) is 11.7 Å². The summed E-state index contributed by atoms with van der Waals surface area (Å²) >= 11 is 0. The number of rotatable bonds is 5. The van der Waals surface area contributed by atoms with Gasteiger partial charge in [-0.25, -0.2) is 0 Å². The van der Waals surface area contributed by atoms with Gasteiger partial charge in [0.05, 0.1) is 31.5 Å². The smallest absolute Gasteiger partial charge is 0.124 e. The van der Waals surface area contributed by atoms with Crippen LogP contribution in [0, 0.1) is 17.2 Å². The molecular weight excluding hydrogens is 228 g/mol. The Labute approximate surface area is 107 Å². The van der Waals surface area contributed by atoms with E-state index in [2.05, 4.69) is 6.07 Å². The number of nitriles is 1. The van der Waals surface area contributed by atoms with E-state index in [1.807, 2.05) is 6.07 Å². The van der Waals surface area contributed by atoms with Crippen LogP contribution in [-0.4, -0.2) is 19.8 Å². The first-order chi connectivity index (χ1) is 8.76. The van der Waals surface area contributed by atoms with Crippen molar-refractivity contribution in [1.82, 2.24) is 0 Å². The van der Waals surface area contributed by atoms with Gasteiger partial charge in [-0.15, -0.1) is 0 Å². The Hall–Kier alpha value is -1.57. The van der Waals surface area contributed by atoms with Gasteiger partial charge in [0.1, 0.15) is 5.75 Å². The van der Waals surface area contributed by atoms with Crippen molar-refractivity contribution in [2.75, 3.05) is 13.7 Å². The molecule has 0 aliphatic heterocycles. The lowest BCUT2D eigenvalue weighted by Crippen LogP contribution is -2.35. The van der Waals surface area contributed by atoms with Gasteiger partial charge in [0.25, 0.3) is 0 Å². The van der Waals surface area contributed by atoms with Gasteiger partial charge in [0.2, 0.25) is 0 Å². The average Bonchev–Trinajstić information content (AvgIpc) is 2.37. The molecule has 18 heavy (non-hydrogen) atoms. The molecule has 0 atom stereocenters. The Morgan fingerprint density at radius 2 is 2.22 bits per heavy atom. The summed E-state index contributed by atoms with van der Waals surface area (Å²) in [6.45, 7) is 1.23. The molecule has 0 amide bonds. The lowest BCUT2D eigenvalue weighted by atomic mass is 9.82. The van der Waals surface area contributed by atoms with E-state index < -0.39 is 0 Å². The third kappa shape index (κ3) is 2.81. The van der Waals surface area contributed by atoms with E-state index in [9.17, 15) is 0 Å². The zero-order valence-corrected chi connectivity index (χ0v) is 10.6. The quantitative estimate of drug-likeness (QED) is 0.860. The molecule has 1 fully saturated rings. The SMILES string of the molecule is COc1ccc(C#N)cc1COC1CC(CN)C1. The van der Waals surface area contributed by atoms with E-state index >= 15 is 0 Å². The van der Waals surface area contributed by atoms with Crippen LogP contribution in [0.3, 0.4) is 0 Å². The van der Waals surface area contributed by atoms with E-state index in [0.717, 1.165) is 30.7 Å². The number of ether oxygens (including phenoxy) is 2. The first-order valence-corrected chi connectivity index (χ1v) is 6.15. The minimum atomic E-state index is 0.300. The van der Waals surface area contributed by atoms with Crippen LogP contribution in [0.4, 0.5) is 0 Å². The highest BCUT2D eigenvalue weighted by molar-refractivity contribution is 5.41. The van der Waals surface area contributed by atoms with Gasteiger partial charge < -0.3 is 15.2 Å². The summed E-state index contributed by atoms with van der Waals surface area (Å²) < 4.78 is 11.1. The van der Waals surface area contributed by atoms with E-state index in [1.54, 1.807) is 19.2 Å². The summed E-state index contributed by atoms with van der Waals surface area (Å²) in [4.78, 5) is 0. The predicted molar refractivity (Wildman–Crippen MR) is 68.1 cm³/mol. The molecule has 4 nitrogen and oxygen atoms in total. The highest BCUT2D eigenvalue weighted by atomic mass is 16.5. The van der Waals surface area contributed by atoms with Crippen LogP contribution < -0.4 is 10.5 Å². The second kappa shape index (κ2) is 5.85. The Morgan fingerprint density at radius 1 is 1.44 bits per heavy atom. The fourth-order valence-electron chi connectivity index (χ4n) is 2.17. The molecule has 1 aromatic rings. The zero-order chi connectivity index (χ0) is 13.0. The van der Waals surface area contributed by atoms with Gasteiger partial charge in [-0.2, -0.15) is 5.26 Å². The molecule has 0 spiro atoms. The normalized spacial score (nSPS) is 22.1. The maximum atomic E-state index is 8.88. The number of nitrogens with zero attached hydrogens (tertiary/aromatic N) is 1. The summed E-state index contributed by atoms with van der Waals surface area (Å²) in [5.41, 5.74) is 7.13. The summed E-state index contributed by atoms with van der Waals surface area (Å²) in [5, 5.41) is 8.88. The third-order valence-corrected chi connectivity index (χ3v) is 3.41. The van der Waals surface area contributed by atoms with Crippen LogP contribution in [0.2, 0.25) is 0 Å². The van der Waals surface area contributed by atoms with Gasteiger partial charge in [-0.3, -0.25) is 0 Å². The lowest BCUT2D eigenvalue weighted by Gasteiger charge is -2.34. The van der Waals surface area contributed by atoms with Gasteiger partial charge in [-0.05, 0) is 43.5 Å².